The first-order valence-electron chi connectivity index (χ1n) is 8.39. The Morgan fingerprint density at radius 3 is 2.71 bits per heavy atom. The third-order valence-corrected chi connectivity index (χ3v) is 4.29. The third kappa shape index (κ3) is 4.02. The fourth-order valence-electron chi connectivity index (χ4n) is 2.92. The molecule has 2 N–H and O–H groups in total. The predicted octanol–water partition coefficient (Wildman–Crippen LogP) is 3.37. The van der Waals surface area contributed by atoms with Crippen LogP contribution in [0, 0.1) is 0 Å². The molecule has 0 aromatic heterocycles. The van der Waals surface area contributed by atoms with Crippen molar-refractivity contribution in [1.82, 2.24) is 15.8 Å². The molecule has 1 fully saturated rings. The maximum atomic E-state index is 4.52. The quantitative estimate of drug-likeness (QED) is 0.843. The molecule has 128 valence electrons. The Bertz CT molecular complexity index is 643. The summed E-state index contributed by atoms with van der Waals surface area (Å²) in [6.07, 6.45) is 7.27. The lowest BCUT2D eigenvalue weighted by Gasteiger charge is -2.26. The van der Waals surface area contributed by atoms with Crippen molar-refractivity contribution in [2.24, 2.45) is 4.99 Å². The summed E-state index contributed by atoms with van der Waals surface area (Å²) in [5.41, 5.74) is 7.11. The van der Waals surface area contributed by atoms with Crippen LogP contribution in [0.2, 0.25) is 0 Å². The topological polar surface area (TPSA) is 39.7 Å². The maximum Gasteiger partial charge on any atom is 0.144 e. The van der Waals surface area contributed by atoms with Gasteiger partial charge in [-0.2, -0.15) is 0 Å². The highest BCUT2D eigenvalue weighted by atomic mass is 15.6. The summed E-state index contributed by atoms with van der Waals surface area (Å²) < 4.78 is 0. The van der Waals surface area contributed by atoms with Gasteiger partial charge in [0.15, 0.2) is 0 Å². The van der Waals surface area contributed by atoms with Crippen molar-refractivity contribution in [3.05, 3.63) is 65.8 Å². The smallest absolute Gasteiger partial charge is 0.144 e. The van der Waals surface area contributed by atoms with E-state index in [4.69, 9.17) is 0 Å². The van der Waals surface area contributed by atoms with Crippen LogP contribution in [0.5, 0.6) is 0 Å². The Balaban J connectivity index is 2.25. The molecule has 0 radical (unpaired) electrons. The summed E-state index contributed by atoms with van der Waals surface area (Å²) in [7, 11) is 3.79. The van der Waals surface area contributed by atoms with E-state index in [2.05, 4.69) is 65.5 Å². The number of amidine groups is 1. The highest BCUT2D eigenvalue weighted by molar-refractivity contribution is 6.02. The van der Waals surface area contributed by atoms with Gasteiger partial charge in [-0.15, -0.1) is 0 Å². The van der Waals surface area contributed by atoms with Crippen LogP contribution in [0.25, 0.3) is 6.08 Å². The van der Waals surface area contributed by atoms with E-state index in [1.54, 1.807) is 0 Å². The van der Waals surface area contributed by atoms with Crippen molar-refractivity contribution in [3.63, 3.8) is 0 Å². The van der Waals surface area contributed by atoms with Gasteiger partial charge >= 0.3 is 0 Å². The fourth-order valence-corrected chi connectivity index (χ4v) is 2.92. The first kappa shape index (κ1) is 18.2. The number of benzene rings is 1. The molecule has 0 spiro atoms. The minimum atomic E-state index is 0.162. The monoisotopic (exact) mass is 324 g/mol. The molecule has 1 aromatic carbocycles. The van der Waals surface area contributed by atoms with Gasteiger partial charge in [-0.05, 0) is 38.5 Å². The SMILES string of the molecule is C=C/C(C/C=C/c1ccccc1)=C1\C(=NC)N(C(C)NC)NC1C. The molecule has 4 nitrogen and oxygen atoms in total. The van der Waals surface area contributed by atoms with Crippen LogP contribution in [0.3, 0.4) is 0 Å². The molecule has 0 bridgehead atoms. The summed E-state index contributed by atoms with van der Waals surface area (Å²) in [5, 5.41) is 5.34. The van der Waals surface area contributed by atoms with Gasteiger partial charge in [0.05, 0.1) is 12.2 Å². The van der Waals surface area contributed by atoms with Gasteiger partial charge in [0.25, 0.3) is 0 Å². The lowest BCUT2D eigenvalue weighted by Crippen LogP contribution is -2.49. The molecule has 0 aliphatic carbocycles. The number of hydrazine groups is 1. The molecule has 2 rings (SSSR count). The number of aliphatic imine (C=N–C) groups is 1. The lowest BCUT2D eigenvalue weighted by atomic mass is 9.99. The number of rotatable bonds is 6. The summed E-state index contributed by atoms with van der Waals surface area (Å²) >= 11 is 0. The van der Waals surface area contributed by atoms with Crippen LogP contribution in [-0.4, -0.2) is 37.1 Å². The highest BCUT2D eigenvalue weighted by Gasteiger charge is 2.33. The van der Waals surface area contributed by atoms with Gasteiger partial charge in [-0.25, -0.2) is 5.43 Å². The third-order valence-electron chi connectivity index (χ3n) is 4.29. The van der Waals surface area contributed by atoms with Gasteiger partial charge < -0.3 is 0 Å². The molecule has 1 aliphatic heterocycles. The van der Waals surface area contributed by atoms with Crippen LogP contribution >= 0.6 is 0 Å². The fraction of sp³-hybridized carbons (Fsp3) is 0.350. The summed E-state index contributed by atoms with van der Waals surface area (Å²) in [5.74, 6) is 0.979. The van der Waals surface area contributed by atoms with Gasteiger partial charge in [-0.1, -0.05) is 55.1 Å². The zero-order valence-corrected chi connectivity index (χ0v) is 15.1. The van der Waals surface area contributed by atoms with E-state index in [0.717, 1.165) is 12.3 Å². The van der Waals surface area contributed by atoms with Crippen molar-refractivity contribution in [1.29, 1.82) is 0 Å². The standard InChI is InChI=1S/C20H28N4/c1-6-18(14-10-13-17-11-8-7-9-12-17)19-15(2)23-24(16(3)21-4)20(19)22-5/h6-13,15-16,21,23H,1,14H2,2-5H3/b13-10+,19-18+,22-20?. The minimum Gasteiger partial charge on any atom is -0.299 e. The van der Waals surface area contributed by atoms with E-state index in [9.17, 15) is 0 Å². The molecule has 2 atom stereocenters. The van der Waals surface area contributed by atoms with E-state index < -0.39 is 0 Å². The second-order valence-corrected chi connectivity index (χ2v) is 5.89. The van der Waals surface area contributed by atoms with Crippen LogP contribution in [0.1, 0.15) is 25.8 Å². The van der Waals surface area contributed by atoms with Crippen molar-refractivity contribution < 1.29 is 0 Å². The molecule has 1 saturated heterocycles. The minimum absolute atomic E-state index is 0.162. The van der Waals surface area contributed by atoms with Crippen molar-refractivity contribution >= 4 is 11.9 Å². The molecule has 1 aliphatic rings. The van der Waals surface area contributed by atoms with E-state index in [0.29, 0.717) is 0 Å². The van der Waals surface area contributed by atoms with Gasteiger partial charge in [0, 0.05) is 12.6 Å². The Labute approximate surface area is 145 Å². The number of allylic oxidation sites excluding steroid dienone is 3. The van der Waals surface area contributed by atoms with Crippen LogP contribution in [0.15, 0.2) is 65.2 Å². The molecule has 4 heteroatoms. The van der Waals surface area contributed by atoms with Gasteiger partial charge in [0.2, 0.25) is 0 Å². The number of hydrogen-bond donors (Lipinski definition) is 2. The van der Waals surface area contributed by atoms with Crippen LogP contribution in [-0.2, 0) is 0 Å². The van der Waals surface area contributed by atoms with Crippen molar-refractivity contribution in [2.45, 2.75) is 32.5 Å². The first-order chi connectivity index (χ1) is 11.6. The zero-order valence-electron chi connectivity index (χ0n) is 15.1. The average molecular weight is 324 g/mol. The molecule has 24 heavy (non-hydrogen) atoms. The van der Waals surface area contributed by atoms with Gasteiger partial charge in [-0.3, -0.25) is 15.3 Å². The van der Waals surface area contributed by atoms with E-state index in [1.807, 2.05) is 38.4 Å². The molecule has 0 saturated carbocycles. The van der Waals surface area contributed by atoms with E-state index in [1.165, 1.54) is 16.7 Å². The number of hydrogen-bond acceptors (Lipinski definition) is 3. The van der Waals surface area contributed by atoms with E-state index >= 15 is 0 Å². The second kappa shape index (κ2) is 8.62. The summed E-state index contributed by atoms with van der Waals surface area (Å²) in [6, 6.07) is 10.5. The Morgan fingerprint density at radius 1 is 1.42 bits per heavy atom. The maximum absolute atomic E-state index is 4.52. The molecule has 0 amide bonds. The van der Waals surface area contributed by atoms with Crippen molar-refractivity contribution in [3.8, 4) is 0 Å². The highest BCUT2D eigenvalue weighted by Crippen LogP contribution is 2.24. The molecule has 1 aromatic rings. The number of nitrogens with one attached hydrogen (secondary N) is 2. The van der Waals surface area contributed by atoms with Gasteiger partial charge in [0.1, 0.15) is 5.84 Å². The zero-order chi connectivity index (χ0) is 17.5. The lowest BCUT2D eigenvalue weighted by molar-refractivity contribution is 0.226. The predicted molar refractivity (Wildman–Crippen MR) is 104 cm³/mol. The van der Waals surface area contributed by atoms with E-state index in [-0.39, 0.29) is 12.2 Å². The number of nitrogens with zero attached hydrogens (tertiary/aromatic N) is 2. The molecular weight excluding hydrogens is 296 g/mol. The van der Waals surface area contributed by atoms with Crippen LogP contribution in [0.4, 0.5) is 0 Å². The Kier molecular flexibility index (Phi) is 6.53. The molecular formula is C20H28N4. The average Bonchev–Trinajstić information content (AvgIpc) is 2.95. The van der Waals surface area contributed by atoms with Crippen LogP contribution < -0.4 is 10.7 Å². The summed E-state index contributed by atoms with van der Waals surface area (Å²) in [6.45, 7) is 8.28. The van der Waals surface area contributed by atoms with Crippen molar-refractivity contribution in [2.75, 3.05) is 14.1 Å². The normalized spacial score (nSPS) is 23.1. The Hall–Kier alpha value is -2.17. The summed E-state index contributed by atoms with van der Waals surface area (Å²) in [4.78, 5) is 4.52. The molecule has 1 heterocycles. The largest absolute Gasteiger partial charge is 0.299 e. The Morgan fingerprint density at radius 2 is 2.12 bits per heavy atom. The molecule has 2 unspecified atom stereocenters. The second-order valence-electron chi connectivity index (χ2n) is 5.89. The first-order valence-corrected chi connectivity index (χ1v) is 8.39.